The van der Waals surface area contributed by atoms with E-state index in [-0.39, 0.29) is 5.91 Å². The van der Waals surface area contributed by atoms with E-state index in [2.05, 4.69) is 20.8 Å². The van der Waals surface area contributed by atoms with Crippen LogP contribution in [0.4, 0.5) is 5.13 Å². The number of benzene rings is 2. The first-order valence-corrected chi connectivity index (χ1v) is 11.3. The van der Waals surface area contributed by atoms with Gasteiger partial charge in [0, 0.05) is 11.0 Å². The van der Waals surface area contributed by atoms with Crippen molar-refractivity contribution in [3.63, 3.8) is 0 Å². The number of nitrogens with zero attached hydrogens (tertiary/aromatic N) is 3. The van der Waals surface area contributed by atoms with Gasteiger partial charge < -0.3 is 9.64 Å². The van der Waals surface area contributed by atoms with Gasteiger partial charge in [0.2, 0.25) is 5.91 Å². The molecular weight excluding hydrogens is 450 g/mol. The molecular formula is C22H26BrN3O2S. The number of fused-ring (bicyclic) bond motifs is 1. The lowest BCUT2D eigenvalue weighted by Crippen LogP contribution is -2.34. The van der Waals surface area contributed by atoms with Gasteiger partial charge >= 0.3 is 0 Å². The third-order valence-corrected chi connectivity index (χ3v) is 5.98. The van der Waals surface area contributed by atoms with Crippen molar-refractivity contribution in [1.29, 1.82) is 0 Å². The Morgan fingerprint density at radius 2 is 1.90 bits per heavy atom. The van der Waals surface area contributed by atoms with E-state index >= 15 is 0 Å². The van der Waals surface area contributed by atoms with Crippen LogP contribution < -0.4 is 9.64 Å². The molecule has 0 N–H and O–H groups in total. The summed E-state index contributed by atoms with van der Waals surface area (Å²) in [6.45, 7) is 4.16. The topological polar surface area (TPSA) is 45.7 Å². The predicted octanol–water partition coefficient (Wildman–Crippen LogP) is 4.98. The molecule has 1 amide bonds. The molecule has 29 heavy (non-hydrogen) atoms. The highest BCUT2D eigenvalue weighted by Crippen LogP contribution is 2.31. The minimum atomic E-state index is 0.0611. The molecule has 0 aliphatic rings. The number of aromatic nitrogens is 1. The van der Waals surface area contributed by atoms with Crippen LogP contribution >= 0.6 is 27.3 Å². The van der Waals surface area contributed by atoms with Gasteiger partial charge in [-0.3, -0.25) is 9.69 Å². The number of carbonyl (C=O) groups is 1. The zero-order valence-electron chi connectivity index (χ0n) is 17.0. The highest BCUT2D eigenvalue weighted by Gasteiger charge is 2.20. The third-order valence-electron chi connectivity index (χ3n) is 4.45. The summed E-state index contributed by atoms with van der Waals surface area (Å²) in [5.41, 5.74) is 1.89. The number of ether oxygens (including phenoxy) is 1. The molecule has 0 atom stereocenters. The van der Waals surface area contributed by atoms with Gasteiger partial charge in [0.1, 0.15) is 5.75 Å². The average Bonchev–Trinajstić information content (AvgIpc) is 3.09. The maximum atomic E-state index is 13.2. The molecule has 0 aliphatic heterocycles. The van der Waals surface area contributed by atoms with Crippen LogP contribution in [-0.4, -0.2) is 49.6 Å². The van der Waals surface area contributed by atoms with Gasteiger partial charge in [-0.2, -0.15) is 0 Å². The molecule has 0 unspecified atom stereocenters. The minimum absolute atomic E-state index is 0.0611. The van der Waals surface area contributed by atoms with E-state index in [9.17, 15) is 4.79 Å². The number of hydrogen-bond acceptors (Lipinski definition) is 5. The summed E-state index contributed by atoms with van der Waals surface area (Å²) in [6.07, 6.45) is 1.23. The predicted molar refractivity (Wildman–Crippen MR) is 124 cm³/mol. The molecule has 0 saturated heterocycles. The zero-order valence-corrected chi connectivity index (χ0v) is 19.4. The molecule has 0 spiro atoms. The summed E-state index contributed by atoms with van der Waals surface area (Å²) in [5, 5.41) is 0.757. The van der Waals surface area contributed by atoms with Gasteiger partial charge in [0.05, 0.1) is 23.2 Å². The van der Waals surface area contributed by atoms with E-state index in [1.54, 1.807) is 11.3 Å². The SMILES string of the molecule is CCOc1ccc(CC(=O)N(CCCN(C)C)c2nc3ccc(Br)cc3s2)cc1. The molecule has 0 fully saturated rings. The summed E-state index contributed by atoms with van der Waals surface area (Å²) in [5.74, 6) is 0.884. The first kappa shape index (κ1) is 21.7. The second-order valence-electron chi connectivity index (χ2n) is 7.06. The van der Waals surface area contributed by atoms with Crippen molar-refractivity contribution in [2.45, 2.75) is 19.8 Å². The number of anilines is 1. The Kier molecular flexibility index (Phi) is 7.64. The number of amides is 1. The van der Waals surface area contributed by atoms with Crippen molar-refractivity contribution in [3.8, 4) is 5.75 Å². The van der Waals surface area contributed by atoms with Gasteiger partial charge in [-0.25, -0.2) is 4.98 Å². The van der Waals surface area contributed by atoms with Crippen LogP contribution in [0, 0.1) is 0 Å². The molecule has 5 nitrogen and oxygen atoms in total. The third kappa shape index (κ3) is 6.01. The molecule has 0 aliphatic carbocycles. The normalized spacial score (nSPS) is 11.2. The Hall–Kier alpha value is -1.96. The second kappa shape index (κ2) is 10.2. The fraction of sp³-hybridized carbons (Fsp3) is 0.364. The molecule has 1 aromatic heterocycles. The Morgan fingerprint density at radius 3 is 2.59 bits per heavy atom. The van der Waals surface area contributed by atoms with Crippen LogP contribution in [0.2, 0.25) is 0 Å². The summed E-state index contributed by atoms with van der Waals surface area (Å²) in [7, 11) is 4.09. The molecule has 2 aromatic carbocycles. The van der Waals surface area contributed by atoms with Crippen LogP contribution in [0.3, 0.4) is 0 Å². The smallest absolute Gasteiger partial charge is 0.233 e. The van der Waals surface area contributed by atoms with E-state index in [1.165, 1.54) is 0 Å². The van der Waals surface area contributed by atoms with Crippen molar-refractivity contribution < 1.29 is 9.53 Å². The van der Waals surface area contributed by atoms with E-state index in [0.29, 0.717) is 19.6 Å². The van der Waals surface area contributed by atoms with E-state index in [0.717, 1.165) is 44.1 Å². The molecule has 0 radical (unpaired) electrons. The van der Waals surface area contributed by atoms with Crippen LogP contribution in [-0.2, 0) is 11.2 Å². The van der Waals surface area contributed by atoms with E-state index < -0.39 is 0 Å². The molecule has 154 valence electrons. The fourth-order valence-electron chi connectivity index (χ4n) is 3.01. The van der Waals surface area contributed by atoms with Crippen molar-refractivity contribution in [1.82, 2.24) is 9.88 Å². The largest absolute Gasteiger partial charge is 0.494 e. The monoisotopic (exact) mass is 475 g/mol. The standard InChI is InChI=1S/C22H26BrN3O2S/c1-4-28-18-9-6-16(7-10-18)14-21(27)26(13-5-12-25(2)3)22-24-19-11-8-17(23)15-20(19)29-22/h6-11,15H,4-5,12-14H2,1-3H3. The molecule has 0 saturated carbocycles. The minimum Gasteiger partial charge on any atom is -0.494 e. The van der Waals surface area contributed by atoms with E-state index in [4.69, 9.17) is 9.72 Å². The van der Waals surface area contributed by atoms with Crippen LogP contribution in [0.1, 0.15) is 18.9 Å². The number of hydrogen-bond donors (Lipinski definition) is 0. The molecule has 3 aromatic rings. The summed E-state index contributed by atoms with van der Waals surface area (Å²) in [6, 6.07) is 13.7. The van der Waals surface area contributed by atoms with Crippen LogP contribution in [0.5, 0.6) is 5.75 Å². The van der Waals surface area contributed by atoms with Gasteiger partial charge in [0.15, 0.2) is 5.13 Å². The van der Waals surface area contributed by atoms with E-state index in [1.807, 2.05) is 68.4 Å². The molecule has 0 bridgehead atoms. The van der Waals surface area contributed by atoms with Crippen LogP contribution in [0.25, 0.3) is 10.2 Å². The lowest BCUT2D eigenvalue weighted by molar-refractivity contribution is -0.118. The number of rotatable bonds is 9. The second-order valence-corrected chi connectivity index (χ2v) is 8.99. The molecule has 1 heterocycles. The Bertz CT molecular complexity index is 956. The highest BCUT2D eigenvalue weighted by atomic mass is 79.9. The van der Waals surface area contributed by atoms with Gasteiger partial charge in [-0.05, 0) is 69.9 Å². The number of thiazole rings is 1. The number of halogens is 1. The Morgan fingerprint density at radius 1 is 1.14 bits per heavy atom. The zero-order chi connectivity index (χ0) is 20.8. The van der Waals surface area contributed by atoms with Crippen molar-refractivity contribution in [2.75, 3.05) is 38.7 Å². The van der Waals surface area contributed by atoms with Crippen molar-refractivity contribution >= 4 is 48.5 Å². The first-order chi connectivity index (χ1) is 14.0. The lowest BCUT2D eigenvalue weighted by atomic mass is 10.1. The Balaban J connectivity index is 1.80. The lowest BCUT2D eigenvalue weighted by Gasteiger charge is -2.21. The fourth-order valence-corrected chi connectivity index (χ4v) is 4.57. The maximum absolute atomic E-state index is 13.2. The van der Waals surface area contributed by atoms with Crippen molar-refractivity contribution in [3.05, 3.63) is 52.5 Å². The number of carbonyl (C=O) groups excluding carboxylic acids is 1. The average molecular weight is 476 g/mol. The first-order valence-electron chi connectivity index (χ1n) is 9.69. The summed E-state index contributed by atoms with van der Waals surface area (Å²) < 4.78 is 7.57. The molecule has 7 heteroatoms. The molecule has 3 rings (SSSR count). The van der Waals surface area contributed by atoms with Crippen LogP contribution in [0.15, 0.2) is 46.9 Å². The van der Waals surface area contributed by atoms with Gasteiger partial charge in [0.25, 0.3) is 0 Å². The summed E-state index contributed by atoms with van der Waals surface area (Å²) in [4.78, 5) is 21.9. The quantitative estimate of drug-likeness (QED) is 0.437. The Labute approximate surface area is 184 Å². The maximum Gasteiger partial charge on any atom is 0.233 e. The van der Waals surface area contributed by atoms with Crippen molar-refractivity contribution in [2.24, 2.45) is 0 Å². The highest BCUT2D eigenvalue weighted by molar-refractivity contribution is 9.10. The van der Waals surface area contributed by atoms with Gasteiger partial charge in [-0.1, -0.05) is 39.4 Å². The summed E-state index contributed by atoms with van der Waals surface area (Å²) >= 11 is 5.07. The van der Waals surface area contributed by atoms with Gasteiger partial charge in [-0.15, -0.1) is 0 Å².